The van der Waals surface area contributed by atoms with E-state index in [0.717, 1.165) is 10.3 Å². The van der Waals surface area contributed by atoms with Crippen molar-refractivity contribution in [1.29, 1.82) is 0 Å². The van der Waals surface area contributed by atoms with Gasteiger partial charge in [-0.2, -0.15) is 0 Å². The first kappa shape index (κ1) is 15.6. The Balaban J connectivity index is 1.98. The Morgan fingerprint density at radius 1 is 1.14 bits per heavy atom. The normalized spacial score (nSPS) is 12.5. The van der Waals surface area contributed by atoms with Crippen LogP contribution in [0.15, 0.2) is 47.8 Å². The molecule has 0 N–H and O–H groups in total. The molecule has 0 spiro atoms. The van der Waals surface area contributed by atoms with Gasteiger partial charge in [0.1, 0.15) is 17.7 Å². The smallest absolute Gasteiger partial charge is 0.138 e. The predicted molar refractivity (Wildman–Crippen MR) is 91.9 cm³/mol. The second-order valence-corrected chi connectivity index (χ2v) is 6.49. The van der Waals surface area contributed by atoms with E-state index in [2.05, 4.69) is 0 Å². The Kier molecular flexibility index (Phi) is 4.87. The summed E-state index contributed by atoms with van der Waals surface area (Å²) in [4.78, 5) is 0. The Labute approximate surface area is 142 Å². The van der Waals surface area contributed by atoms with Crippen molar-refractivity contribution in [1.82, 2.24) is 0 Å². The molecule has 3 aromatic rings. The number of ether oxygens (including phenoxy) is 1. The maximum Gasteiger partial charge on any atom is 0.138 e. The zero-order chi connectivity index (χ0) is 15.5. The topological polar surface area (TPSA) is 9.23 Å². The molecule has 0 saturated heterocycles. The molecule has 0 amide bonds. The summed E-state index contributed by atoms with van der Waals surface area (Å²) >= 11 is 13.3. The highest BCUT2D eigenvalue weighted by molar-refractivity contribution is 7.18. The van der Waals surface area contributed by atoms with E-state index in [4.69, 9.17) is 27.9 Å². The quantitative estimate of drug-likeness (QED) is 0.478. The number of alkyl halides is 1. The van der Waals surface area contributed by atoms with Crippen molar-refractivity contribution >= 4 is 44.6 Å². The van der Waals surface area contributed by atoms with Gasteiger partial charge in [0.05, 0.1) is 15.1 Å². The summed E-state index contributed by atoms with van der Waals surface area (Å²) in [5.74, 6) is 0.782. The molecular weight excluding hydrogens is 342 g/mol. The molecule has 3 rings (SSSR count). The highest BCUT2D eigenvalue weighted by Crippen LogP contribution is 2.40. The lowest BCUT2D eigenvalue weighted by atomic mass is 10.1. The van der Waals surface area contributed by atoms with Crippen LogP contribution < -0.4 is 4.74 Å². The van der Waals surface area contributed by atoms with Gasteiger partial charge in [-0.15, -0.1) is 22.9 Å². The minimum atomic E-state index is -0.331. The number of benzene rings is 2. The van der Waals surface area contributed by atoms with Gasteiger partial charge in [-0.1, -0.05) is 41.9 Å². The van der Waals surface area contributed by atoms with Gasteiger partial charge in [0, 0.05) is 17.7 Å². The summed E-state index contributed by atoms with van der Waals surface area (Å²) in [7, 11) is 0. The van der Waals surface area contributed by atoms with Gasteiger partial charge >= 0.3 is 0 Å². The van der Waals surface area contributed by atoms with Crippen molar-refractivity contribution in [3.63, 3.8) is 0 Å². The van der Waals surface area contributed by atoms with Crippen molar-refractivity contribution in [3.8, 4) is 5.75 Å². The molecule has 1 atom stereocenters. The lowest BCUT2D eigenvalue weighted by Gasteiger charge is -2.19. The van der Waals surface area contributed by atoms with Crippen LogP contribution in [0, 0.1) is 5.82 Å². The molecule has 1 aromatic heterocycles. The second-order valence-electron chi connectivity index (χ2n) is 4.83. The summed E-state index contributed by atoms with van der Waals surface area (Å²) in [6, 6.07) is 12.9. The third-order valence-electron chi connectivity index (χ3n) is 3.40. The van der Waals surface area contributed by atoms with E-state index in [-0.39, 0.29) is 11.9 Å². The van der Waals surface area contributed by atoms with E-state index < -0.39 is 0 Å². The molecule has 0 aliphatic carbocycles. The third-order valence-corrected chi connectivity index (χ3v) is 5.04. The van der Waals surface area contributed by atoms with Crippen molar-refractivity contribution in [2.45, 2.75) is 12.5 Å². The van der Waals surface area contributed by atoms with E-state index in [1.807, 2.05) is 30.3 Å². The fourth-order valence-corrected chi connectivity index (χ4v) is 3.82. The van der Waals surface area contributed by atoms with Gasteiger partial charge in [-0.05, 0) is 17.7 Å². The van der Waals surface area contributed by atoms with Crippen LogP contribution in [0.4, 0.5) is 4.39 Å². The maximum atomic E-state index is 13.9. The van der Waals surface area contributed by atoms with Gasteiger partial charge in [0.2, 0.25) is 0 Å². The molecule has 5 heteroatoms. The van der Waals surface area contributed by atoms with Crippen LogP contribution in [0.1, 0.15) is 18.1 Å². The molecule has 0 aliphatic heterocycles. The van der Waals surface area contributed by atoms with Crippen LogP contribution >= 0.6 is 34.5 Å². The van der Waals surface area contributed by atoms with Crippen LogP contribution in [0.3, 0.4) is 0 Å². The molecule has 0 radical (unpaired) electrons. The Bertz CT molecular complexity index is 773. The van der Waals surface area contributed by atoms with Gasteiger partial charge in [-0.3, -0.25) is 0 Å². The van der Waals surface area contributed by atoms with Crippen molar-refractivity contribution < 1.29 is 9.13 Å². The summed E-state index contributed by atoms with van der Waals surface area (Å²) in [5, 5.41) is 2.56. The van der Waals surface area contributed by atoms with Gasteiger partial charge in [0.25, 0.3) is 0 Å². The minimum absolute atomic E-state index is 0.173. The monoisotopic (exact) mass is 354 g/mol. The van der Waals surface area contributed by atoms with Crippen LogP contribution in [0.2, 0.25) is 5.02 Å². The predicted octanol–water partition coefficient (Wildman–Crippen LogP) is 6.44. The number of hydrogen-bond donors (Lipinski definition) is 0. The van der Waals surface area contributed by atoms with Gasteiger partial charge < -0.3 is 4.74 Å². The van der Waals surface area contributed by atoms with Gasteiger partial charge in [-0.25, -0.2) is 4.39 Å². The number of fused-ring (bicyclic) bond motifs is 1. The zero-order valence-electron chi connectivity index (χ0n) is 11.6. The molecule has 1 heterocycles. The zero-order valence-corrected chi connectivity index (χ0v) is 13.9. The van der Waals surface area contributed by atoms with Crippen LogP contribution in [0.25, 0.3) is 10.1 Å². The lowest BCUT2D eigenvalue weighted by molar-refractivity contribution is 0.205. The molecule has 2 aromatic carbocycles. The summed E-state index contributed by atoms with van der Waals surface area (Å²) in [6.07, 6.45) is 0.497. The number of rotatable bonds is 5. The first-order chi connectivity index (χ1) is 10.7. The standard InChI is InChI=1S/C17H13Cl2FOS/c18-9-8-14(11-4-2-1-3-5-11)21-15-7-6-13(20)16-12(19)10-22-17(15)16/h1-7,10,14H,8-9H2/t14-/m0/s1. The second kappa shape index (κ2) is 6.86. The fourth-order valence-electron chi connectivity index (χ4n) is 2.36. The molecule has 114 valence electrons. The average molecular weight is 355 g/mol. The third kappa shape index (κ3) is 3.07. The fraction of sp³-hybridized carbons (Fsp3) is 0.176. The maximum absolute atomic E-state index is 13.9. The molecule has 0 unspecified atom stereocenters. The highest BCUT2D eigenvalue weighted by Gasteiger charge is 2.17. The summed E-state index contributed by atoms with van der Waals surface area (Å²) in [6.45, 7) is 0. The average Bonchev–Trinajstić information content (AvgIpc) is 2.93. The van der Waals surface area contributed by atoms with E-state index in [9.17, 15) is 4.39 Å². The van der Waals surface area contributed by atoms with Gasteiger partial charge in [0.15, 0.2) is 0 Å². The SMILES string of the molecule is Fc1ccc(O[C@@H](CCCl)c2ccccc2)c2scc(Cl)c12. The molecule has 0 aliphatic rings. The van der Waals surface area contributed by atoms with Crippen LogP contribution in [-0.4, -0.2) is 5.88 Å². The Morgan fingerprint density at radius 3 is 2.64 bits per heavy atom. The number of halogens is 3. The van der Waals surface area contributed by atoms with E-state index >= 15 is 0 Å². The highest BCUT2D eigenvalue weighted by atomic mass is 35.5. The molecular formula is C17H13Cl2FOS. The Morgan fingerprint density at radius 2 is 1.91 bits per heavy atom. The number of hydrogen-bond acceptors (Lipinski definition) is 2. The first-order valence-corrected chi connectivity index (χ1v) is 8.62. The van der Waals surface area contributed by atoms with E-state index in [1.165, 1.54) is 17.4 Å². The molecule has 0 bridgehead atoms. The first-order valence-electron chi connectivity index (χ1n) is 6.83. The van der Waals surface area contributed by atoms with E-state index in [1.54, 1.807) is 11.4 Å². The summed E-state index contributed by atoms with van der Waals surface area (Å²) in [5.41, 5.74) is 1.04. The van der Waals surface area contributed by atoms with Crippen molar-refractivity contribution in [2.75, 3.05) is 5.88 Å². The minimum Gasteiger partial charge on any atom is -0.484 e. The van der Waals surface area contributed by atoms with Crippen LogP contribution in [-0.2, 0) is 0 Å². The summed E-state index contributed by atoms with van der Waals surface area (Å²) < 4.78 is 20.8. The van der Waals surface area contributed by atoms with E-state index in [0.29, 0.717) is 28.5 Å². The molecule has 0 fully saturated rings. The lowest BCUT2D eigenvalue weighted by Crippen LogP contribution is -2.08. The Hall–Kier alpha value is -1.29. The molecule has 0 saturated carbocycles. The largest absolute Gasteiger partial charge is 0.484 e. The number of thiophene rings is 1. The molecule has 22 heavy (non-hydrogen) atoms. The van der Waals surface area contributed by atoms with Crippen molar-refractivity contribution in [2.24, 2.45) is 0 Å². The van der Waals surface area contributed by atoms with Crippen LogP contribution in [0.5, 0.6) is 5.75 Å². The molecule has 1 nitrogen and oxygen atoms in total. The van der Waals surface area contributed by atoms with Crippen molar-refractivity contribution in [3.05, 3.63) is 64.2 Å².